The van der Waals surface area contributed by atoms with Crippen LogP contribution in [0.25, 0.3) is 0 Å². The van der Waals surface area contributed by atoms with Crippen LogP contribution in [0.2, 0.25) is 0 Å². The maximum atomic E-state index is 12.2. The largest absolute Gasteiger partial charge is 0.435 e. The highest BCUT2D eigenvalue weighted by Gasteiger charge is 2.34. The Kier molecular flexibility index (Phi) is 5.99. The van der Waals surface area contributed by atoms with Crippen molar-refractivity contribution in [1.82, 2.24) is 9.80 Å². The van der Waals surface area contributed by atoms with Gasteiger partial charge in [0.15, 0.2) is 0 Å². The minimum Gasteiger partial charge on any atom is -0.435 e. The van der Waals surface area contributed by atoms with Crippen molar-refractivity contribution in [3.8, 4) is 5.75 Å². The summed E-state index contributed by atoms with van der Waals surface area (Å²) >= 11 is 0. The maximum absolute atomic E-state index is 12.2. The molecule has 134 valence electrons. The minimum atomic E-state index is -2.78. The van der Waals surface area contributed by atoms with E-state index in [9.17, 15) is 8.78 Å². The molecule has 1 aromatic rings. The predicted octanol–water partition coefficient (Wildman–Crippen LogP) is 1.52. The topological polar surface area (TPSA) is 51.0 Å². The Morgan fingerprint density at radius 3 is 2.29 bits per heavy atom. The van der Waals surface area contributed by atoms with E-state index >= 15 is 0 Å². The molecule has 0 saturated carbocycles. The molecule has 2 N–H and O–H groups in total. The van der Waals surface area contributed by atoms with E-state index in [0.29, 0.717) is 0 Å². The quantitative estimate of drug-likeness (QED) is 0.815. The predicted molar refractivity (Wildman–Crippen MR) is 87.1 cm³/mol. The van der Waals surface area contributed by atoms with E-state index in [1.54, 1.807) is 12.1 Å². The number of benzene rings is 1. The summed E-state index contributed by atoms with van der Waals surface area (Å²) in [5.74, 6) is 0.197. The molecular formula is C17H25F2N3O2. The van der Waals surface area contributed by atoms with E-state index in [0.717, 1.165) is 57.8 Å². The third-order valence-corrected chi connectivity index (χ3v) is 4.47. The van der Waals surface area contributed by atoms with Crippen molar-refractivity contribution in [3.63, 3.8) is 0 Å². The van der Waals surface area contributed by atoms with Gasteiger partial charge in [-0.1, -0.05) is 12.1 Å². The summed E-state index contributed by atoms with van der Waals surface area (Å²) in [6.45, 7) is 3.48. The van der Waals surface area contributed by atoms with Gasteiger partial charge in [-0.2, -0.15) is 8.78 Å². The van der Waals surface area contributed by atoms with E-state index in [4.69, 9.17) is 10.5 Å². The summed E-state index contributed by atoms with van der Waals surface area (Å²) in [5, 5.41) is 0. The molecule has 2 unspecified atom stereocenters. The molecule has 24 heavy (non-hydrogen) atoms. The molecule has 0 aromatic heterocycles. The lowest BCUT2D eigenvalue weighted by molar-refractivity contribution is -0.140. The van der Waals surface area contributed by atoms with Crippen LogP contribution >= 0.6 is 0 Å². The highest BCUT2D eigenvalue weighted by atomic mass is 19.3. The van der Waals surface area contributed by atoms with Gasteiger partial charge in [-0.3, -0.25) is 9.80 Å². The second-order valence-corrected chi connectivity index (χ2v) is 6.50. The van der Waals surface area contributed by atoms with E-state index in [1.807, 2.05) is 12.1 Å². The van der Waals surface area contributed by atoms with Gasteiger partial charge < -0.3 is 15.2 Å². The Morgan fingerprint density at radius 1 is 1.08 bits per heavy atom. The van der Waals surface area contributed by atoms with Crippen LogP contribution in [0, 0.1) is 0 Å². The van der Waals surface area contributed by atoms with Crippen LogP contribution in [-0.4, -0.2) is 67.9 Å². The fraction of sp³-hybridized carbons (Fsp3) is 0.647. The van der Waals surface area contributed by atoms with Crippen molar-refractivity contribution in [3.05, 3.63) is 29.8 Å². The van der Waals surface area contributed by atoms with Crippen LogP contribution in [0.4, 0.5) is 8.78 Å². The highest BCUT2D eigenvalue weighted by Crippen LogP contribution is 2.22. The lowest BCUT2D eigenvalue weighted by Gasteiger charge is -2.46. The molecule has 0 radical (unpaired) electrons. The van der Waals surface area contributed by atoms with Crippen molar-refractivity contribution in [1.29, 1.82) is 0 Å². The third-order valence-electron chi connectivity index (χ3n) is 4.47. The maximum Gasteiger partial charge on any atom is 0.387 e. The normalized spacial score (nSPS) is 25.2. The second-order valence-electron chi connectivity index (χ2n) is 6.50. The number of rotatable bonds is 7. The number of halogens is 2. The number of nitrogens with two attached hydrogens (primary N) is 1. The van der Waals surface area contributed by atoms with Crippen LogP contribution < -0.4 is 10.5 Å². The van der Waals surface area contributed by atoms with Gasteiger partial charge in [0.1, 0.15) is 5.75 Å². The third kappa shape index (κ3) is 4.86. The van der Waals surface area contributed by atoms with E-state index in [2.05, 4.69) is 14.5 Å². The van der Waals surface area contributed by atoms with Crippen LogP contribution in [0.3, 0.4) is 0 Å². The Hall–Kier alpha value is -1.28. The van der Waals surface area contributed by atoms with Gasteiger partial charge in [-0.05, 0) is 37.2 Å². The molecule has 1 aromatic carbocycles. The van der Waals surface area contributed by atoms with Gasteiger partial charge in [-0.25, -0.2) is 0 Å². The zero-order valence-electron chi connectivity index (χ0n) is 13.7. The number of alkyl halides is 2. The first-order chi connectivity index (χ1) is 11.6. The molecule has 7 heteroatoms. The summed E-state index contributed by atoms with van der Waals surface area (Å²) in [6.07, 6.45) is 1.49. The summed E-state index contributed by atoms with van der Waals surface area (Å²) in [4.78, 5) is 4.82. The Balaban J connectivity index is 1.51. The molecule has 2 saturated heterocycles. The molecule has 2 aliphatic heterocycles. The number of hydrogen-bond donors (Lipinski definition) is 1. The molecule has 0 aliphatic carbocycles. The molecule has 5 nitrogen and oxygen atoms in total. The second kappa shape index (κ2) is 8.20. The van der Waals surface area contributed by atoms with Crippen molar-refractivity contribution < 1.29 is 18.3 Å². The SMILES string of the molecule is NCCCN1CC2CN(Cc3ccc(OC(F)F)cc3)CC(C1)O2. The number of fused-ring (bicyclic) bond motifs is 2. The molecule has 2 bridgehead atoms. The summed E-state index contributed by atoms with van der Waals surface area (Å²) in [6, 6.07) is 6.88. The zero-order chi connectivity index (χ0) is 16.9. The molecule has 2 heterocycles. The lowest BCUT2D eigenvalue weighted by atomic mass is 10.1. The van der Waals surface area contributed by atoms with Gasteiger partial charge in [0.2, 0.25) is 0 Å². The summed E-state index contributed by atoms with van der Waals surface area (Å²) in [7, 11) is 0. The summed E-state index contributed by atoms with van der Waals surface area (Å²) < 4.78 is 34.8. The number of nitrogens with zero attached hydrogens (tertiary/aromatic N) is 2. The molecule has 0 amide bonds. The number of morpholine rings is 2. The van der Waals surface area contributed by atoms with Crippen molar-refractivity contribution in [2.24, 2.45) is 5.73 Å². The van der Waals surface area contributed by atoms with Gasteiger partial charge >= 0.3 is 6.61 Å². The molecular weight excluding hydrogens is 316 g/mol. The molecule has 0 spiro atoms. The highest BCUT2D eigenvalue weighted by molar-refractivity contribution is 5.27. The number of ether oxygens (including phenoxy) is 2. The molecule has 2 fully saturated rings. The van der Waals surface area contributed by atoms with E-state index < -0.39 is 6.61 Å². The van der Waals surface area contributed by atoms with E-state index in [1.165, 1.54) is 0 Å². The van der Waals surface area contributed by atoms with Crippen LogP contribution in [0.5, 0.6) is 5.75 Å². The van der Waals surface area contributed by atoms with Gasteiger partial charge in [0.05, 0.1) is 12.2 Å². The first kappa shape index (κ1) is 17.5. The monoisotopic (exact) mass is 341 g/mol. The first-order valence-corrected chi connectivity index (χ1v) is 8.46. The fourth-order valence-corrected chi connectivity index (χ4v) is 3.52. The average Bonchev–Trinajstić information content (AvgIpc) is 2.53. The van der Waals surface area contributed by atoms with E-state index in [-0.39, 0.29) is 18.0 Å². The van der Waals surface area contributed by atoms with Crippen molar-refractivity contribution in [2.45, 2.75) is 31.8 Å². The average molecular weight is 341 g/mol. The molecule has 3 rings (SSSR count). The molecule has 2 aliphatic rings. The standard InChI is InChI=1S/C17H25F2N3O2/c18-17(19)24-14-4-2-13(3-5-14)8-22-11-15-9-21(7-1-6-20)10-16(12-22)23-15/h2-5,15-17H,1,6-12,20H2. The zero-order valence-corrected chi connectivity index (χ0v) is 13.7. The summed E-state index contributed by atoms with van der Waals surface area (Å²) in [5.41, 5.74) is 6.68. The molecule has 2 atom stereocenters. The minimum absolute atomic E-state index is 0.197. The smallest absolute Gasteiger partial charge is 0.387 e. The van der Waals surface area contributed by atoms with Crippen LogP contribution in [-0.2, 0) is 11.3 Å². The Bertz CT molecular complexity index is 501. The lowest BCUT2D eigenvalue weighted by Crippen LogP contribution is -2.59. The Morgan fingerprint density at radius 2 is 1.71 bits per heavy atom. The van der Waals surface area contributed by atoms with Crippen LogP contribution in [0.1, 0.15) is 12.0 Å². The van der Waals surface area contributed by atoms with Gasteiger partial charge in [-0.15, -0.1) is 0 Å². The number of hydrogen-bond acceptors (Lipinski definition) is 5. The first-order valence-electron chi connectivity index (χ1n) is 8.46. The van der Waals surface area contributed by atoms with Gasteiger partial charge in [0, 0.05) is 32.7 Å². The van der Waals surface area contributed by atoms with Crippen molar-refractivity contribution >= 4 is 0 Å². The van der Waals surface area contributed by atoms with Crippen molar-refractivity contribution in [2.75, 3.05) is 39.3 Å². The van der Waals surface area contributed by atoms with Gasteiger partial charge in [0.25, 0.3) is 0 Å². The van der Waals surface area contributed by atoms with Crippen LogP contribution in [0.15, 0.2) is 24.3 Å². The Labute approximate surface area is 141 Å². The fourth-order valence-electron chi connectivity index (χ4n) is 3.52.